The summed E-state index contributed by atoms with van der Waals surface area (Å²) < 4.78 is 34.1. The summed E-state index contributed by atoms with van der Waals surface area (Å²) in [7, 11) is 0. The molecule has 1 N–H and O–H groups in total. The summed E-state index contributed by atoms with van der Waals surface area (Å²) >= 11 is 0. The second kappa shape index (κ2) is 10.7. The second-order valence-corrected chi connectivity index (χ2v) is 7.39. The van der Waals surface area contributed by atoms with Gasteiger partial charge in [0.15, 0.2) is 5.82 Å². The molecule has 0 atom stereocenters. The van der Waals surface area contributed by atoms with Gasteiger partial charge in [-0.05, 0) is 30.0 Å². The molecule has 8 heteroatoms. The third-order valence-electron chi connectivity index (χ3n) is 5.04. The number of nitrogens with zero attached hydrogens (tertiary/aromatic N) is 3. The Morgan fingerprint density at radius 3 is 2.12 bits per heavy atom. The first-order valence-corrected chi connectivity index (χ1v) is 10.4. The summed E-state index contributed by atoms with van der Waals surface area (Å²) in [6.45, 7) is 1.01. The Balaban J connectivity index is 0.000000360. The van der Waals surface area contributed by atoms with Crippen LogP contribution in [0.4, 0.5) is 13.2 Å². The van der Waals surface area contributed by atoms with E-state index in [1.54, 1.807) is 0 Å². The van der Waals surface area contributed by atoms with Crippen LogP contribution in [0.25, 0.3) is 11.6 Å². The van der Waals surface area contributed by atoms with Crippen molar-refractivity contribution in [2.45, 2.75) is 44.8 Å². The van der Waals surface area contributed by atoms with Crippen LogP contribution in [-0.2, 0) is 17.8 Å². The first-order valence-electron chi connectivity index (χ1n) is 10.4. The van der Waals surface area contributed by atoms with Gasteiger partial charge in [-0.1, -0.05) is 73.5 Å². The van der Waals surface area contributed by atoms with E-state index in [9.17, 15) is 13.2 Å². The lowest BCUT2D eigenvalue weighted by Crippen LogP contribution is -2.21. The van der Waals surface area contributed by atoms with Crippen molar-refractivity contribution in [3.05, 3.63) is 83.4 Å². The van der Waals surface area contributed by atoms with Crippen LogP contribution in [0.2, 0.25) is 0 Å². The van der Waals surface area contributed by atoms with Crippen molar-refractivity contribution in [3.63, 3.8) is 0 Å². The SMILES string of the molecule is C(=C(/c1ccccc1)c1nnc2n1CCCCCC2)/c1ccccc1.O=C(O)C(F)(F)F. The zero-order valence-electron chi connectivity index (χ0n) is 17.4. The number of hydrogen-bond acceptors (Lipinski definition) is 3. The van der Waals surface area contributed by atoms with Gasteiger partial charge < -0.3 is 9.67 Å². The third kappa shape index (κ3) is 6.29. The van der Waals surface area contributed by atoms with Crippen molar-refractivity contribution in [2.75, 3.05) is 0 Å². The van der Waals surface area contributed by atoms with E-state index in [2.05, 4.69) is 75.4 Å². The van der Waals surface area contributed by atoms with Crippen molar-refractivity contribution in [2.24, 2.45) is 0 Å². The zero-order chi connectivity index (χ0) is 23.0. The molecule has 0 bridgehead atoms. The van der Waals surface area contributed by atoms with Crippen LogP contribution in [-0.4, -0.2) is 32.0 Å². The Kier molecular flexibility index (Phi) is 7.81. The fourth-order valence-corrected chi connectivity index (χ4v) is 3.47. The molecule has 0 radical (unpaired) electrons. The van der Waals surface area contributed by atoms with Gasteiger partial charge in [0.25, 0.3) is 0 Å². The molecule has 5 nitrogen and oxygen atoms in total. The molecule has 1 aliphatic heterocycles. The molecule has 1 aromatic heterocycles. The number of carbonyl (C=O) groups is 1. The van der Waals surface area contributed by atoms with E-state index in [4.69, 9.17) is 9.90 Å². The van der Waals surface area contributed by atoms with E-state index in [0.29, 0.717) is 0 Å². The van der Waals surface area contributed by atoms with Crippen LogP contribution < -0.4 is 0 Å². The quantitative estimate of drug-likeness (QED) is 0.534. The monoisotopic (exact) mass is 443 g/mol. The fourth-order valence-electron chi connectivity index (χ4n) is 3.47. The van der Waals surface area contributed by atoms with E-state index < -0.39 is 12.1 Å². The van der Waals surface area contributed by atoms with Gasteiger partial charge in [-0.25, -0.2) is 4.79 Å². The van der Waals surface area contributed by atoms with E-state index in [1.165, 1.54) is 36.8 Å². The molecule has 0 fully saturated rings. The summed E-state index contributed by atoms with van der Waals surface area (Å²) in [4.78, 5) is 8.90. The van der Waals surface area contributed by atoms with Crippen molar-refractivity contribution >= 4 is 17.6 Å². The lowest BCUT2D eigenvalue weighted by atomic mass is 10.0. The van der Waals surface area contributed by atoms with E-state index in [-0.39, 0.29) is 0 Å². The number of carboxylic acids is 1. The Hall–Kier alpha value is -3.42. The highest BCUT2D eigenvalue weighted by Gasteiger charge is 2.38. The molecule has 0 amide bonds. The van der Waals surface area contributed by atoms with Crippen LogP contribution in [0.3, 0.4) is 0 Å². The molecule has 0 saturated carbocycles. The number of rotatable bonds is 3. The van der Waals surface area contributed by atoms with Crippen LogP contribution in [0.5, 0.6) is 0 Å². The smallest absolute Gasteiger partial charge is 0.475 e. The van der Waals surface area contributed by atoms with Crippen LogP contribution in [0.1, 0.15) is 48.5 Å². The first-order chi connectivity index (χ1) is 15.4. The van der Waals surface area contributed by atoms with Crippen molar-refractivity contribution in [1.29, 1.82) is 0 Å². The maximum absolute atomic E-state index is 10.6. The molecule has 1 aliphatic rings. The third-order valence-corrected chi connectivity index (χ3v) is 5.04. The van der Waals surface area contributed by atoms with Gasteiger partial charge in [-0.2, -0.15) is 13.2 Å². The molecule has 32 heavy (non-hydrogen) atoms. The molecule has 2 aromatic carbocycles. The Morgan fingerprint density at radius 1 is 0.906 bits per heavy atom. The number of alkyl halides is 3. The second-order valence-electron chi connectivity index (χ2n) is 7.39. The van der Waals surface area contributed by atoms with Gasteiger partial charge in [0.2, 0.25) is 0 Å². The normalized spacial score (nSPS) is 14.4. The summed E-state index contributed by atoms with van der Waals surface area (Å²) in [5.74, 6) is -0.635. The Morgan fingerprint density at radius 2 is 1.50 bits per heavy atom. The number of aromatic nitrogens is 3. The van der Waals surface area contributed by atoms with Crippen LogP contribution >= 0.6 is 0 Å². The number of halogens is 3. The van der Waals surface area contributed by atoms with Gasteiger partial charge in [-0.15, -0.1) is 10.2 Å². The summed E-state index contributed by atoms with van der Waals surface area (Å²) in [5.41, 5.74) is 3.51. The molecular weight excluding hydrogens is 419 g/mol. The maximum Gasteiger partial charge on any atom is 0.490 e. The Bertz CT molecular complexity index is 1050. The average Bonchev–Trinajstić information content (AvgIpc) is 3.14. The minimum atomic E-state index is -5.08. The van der Waals surface area contributed by atoms with Crippen LogP contribution in [0, 0.1) is 0 Å². The Labute approximate surface area is 184 Å². The van der Waals surface area contributed by atoms with Gasteiger partial charge in [0, 0.05) is 18.5 Å². The largest absolute Gasteiger partial charge is 0.490 e. The molecule has 4 rings (SSSR count). The number of carboxylic acid groups (broad SMARTS) is 1. The standard InChI is InChI=1S/C22H23N3.C2HF3O2/c1-2-10-16-25-21(15-9-1)23-24-22(25)20(19-13-7-4-8-14-19)17-18-11-5-3-6-12-18;3-2(4,5)1(6)7/h3-8,11-14,17H,1-2,9-10,15-16H2;(H,6,7)/b20-17+;. The minimum absolute atomic E-state index is 0.993. The molecule has 0 aliphatic carbocycles. The summed E-state index contributed by atoms with van der Waals surface area (Å²) in [6.07, 6.45) is 3.17. The number of aliphatic carboxylic acids is 1. The molecular formula is C24H24F3N3O2. The van der Waals surface area contributed by atoms with Gasteiger partial charge in [-0.3, -0.25) is 0 Å². The molecule has 168 valence electrons. The number of hydrogen-bond donors (Lipinski definition) is 1. The van der Waals surface area contributed by atoms with Crippen molar-refractivity contribution < 1.29 is 23.1 Å². The lowest BCUT2D eigenvalue weighted by Gasteiger charge is -2.15. The molecule has 2 heterocycles. The van der Waals surface area contributed by atoms with E-state index >= 15 is 0 Å². The number of aryl methyl sites for hydroxylation is 1. The molecule has 0 unspecified atom stereocenters. The van der Waals surface area contributed by atoms with Crippen molar-refractivity contribution in [3.8, 4) is 0 Å². The highest BCUT2D eigenvalue weighted by atomic mass is 19.4. The average molecular weight is 443 g/mol. The van der Waals surface area contributed by atoms with E-state index in [0.717, 1.165) is 30.2 Å². The number of fused-ring (bicyclic) bond motifs is 1. The van der Waals surface area contributed by atoms with Crippen molar-refractivity contribution in [1.82, 2.24) is 14.8 Å². The zero-order valence-corrected chi connectivity index (χ0v) is 17.4. The first kappa shape index (κ1) is 23.2. The van der Waals surface area contributed by atoms with E-state index in [1.807, 2.05) is 6.07 Å². The van der Waals surface area contributed by atoms with Gasteiger partial charge in [0.05, 0.1) is 0 Å². The van der Waals surface area contributed by atoms with Gasteiger partial charge >= 0.3 is 12.1 Å². The summed E-state index contributed by atoms with van der Waals surface area (Å²) in [5, 5.41) is 16.2. The van der Waals surface area contributed by atoms with Gasteiger partial charge in [0.1, 0.15) is 5.82 Å². The highest BCUT2D eigenvalue weighted by molar-refractivity contribution is 5.89. The molecule has 0 saturated heterocycles. The summed E-state index contributed by atoms with van der Waals surface area (Å²) in [6, 6.07) is 21.0. The molecule has 0 spiro atoms. The lowest BCUT2D eigenvalue weighted by molar-refractivity contribution is -0.192. The molecule has 3 aromatic rings. The minimum Gasteiger partial charge on any atom is -0.475 e. The highest BCUT2D eigenvalue weighted by Crippen LogP contribution is 2.27. The van der Waals surface area contributed by atoms with Crippen LogP contribution in [0.15, 0.2) is 60.7 Å². The predicted octanol–water partition coefficient (Wildman–Crippen LogP) is 5.62. The fraction of sp³-hybridized carbons (Fsp3) is 0.292. The topological polar surface area (TPSA) is 68.0 Å². The maximum atomic E-state index is 10.6. The number of benzene rings is 2. The predicted molar refractivity (Wildman–Crippen MR) is 116 cm³/mol.